The van der Waals surface area contributed by atoms with E-state index in [0.717, 1.165) is 6.42 Å². The van der Waals surface area contributed by atoms with Gasteiger partial charge in [0.1, 0.15) is 5.60 Å². The van der Waals surface area contributed by atoms with Gasteiger partial charge >= 0.3 is 6.09 Å². The first-order valence-corrected chi connectivity index (χ1v) is 6.01. The van der Waals surface area contributed by atoms with Crippen molar-refractivity contribution in [1.82, 2.24) is 5.32 Å². The van der Waals surface area contributed by atoms with Crippen LogP contribution >= 0.6 is 0 Å². The Morgan fingerprint density at radius 3 is 3.00 bits per heavy atom. The highest BCUT2D eigenvalue weighted by molar-refractivity contribution is 5.81. The third kappa shape index (κ3) is 1.48. The summed E-state index contributed by atoms with van der Waals surface area (Å²) in [4.78, 5) is 16.2. The smallest absolute Gasteiger partial charge is 0.408 e. The van der Waals surface area contributed by atoms with E-state index in [1.165, 1.54) is 0 Å². The molecule has 1 spiro atoms. The molecule has 94 valence electrons. The zero-order valence-electron chi connectivity index (χ0n) is 10.4. The number of hydrogen-bond donors (Lipinski definition) is 1. The lowest BCUT2D eigenvalue weighted by molar-refractivity contribution is 0.0401. The zero-order valence-corrected chi connectivity index (χ0v) is 10.4. The Morgan fingerprint density at radius 1 is 1.59 bits per heavy atom. The van der Waals surface area contributed by atoms with Gasteiger partial charge in [0.15, 0.2) is 0 Å². The van der Waals surface area contributed by atoms with Crippen molar-refractivity contribution in [2.75, 3.05) is 13.2 Å². The van der Waals surface area contributed by atoms with Gasteiger partial charge in [-0.25, -0.2) is 4.79 Å². The molecule has 1 saturated heterocycles. The van der Waals surface area contributed by atoms with E-state index in [0.29, 0.717) is 13.2 Å². The molecule has 3 aliphatic rings. The van der Waals surface area contributed by atoms with Crippen molar-refractivity contribution in [3.8, 4) is 0 Å². The fraction of sp³-hybridized carbons (Fsp3) is 0.833. The molecule has 0 bridgehead atoms. The summed E-state index contributed by atoms with van der Waals surface area (Å²) in [6, 6.07) is 0. The van der Waals surface area contributed by atoms with Crippen LogP contribution < -0.4 is 5.32 Å². The van der Waals surface area contributed by atoms with E-state index < -0.39 is 5.60 Å². The molecule has 1 aliphatic carbocycles. The largest absolute Gasteiger partial charge is 0.444 e. The molecule has 3 atom stereocenters. The number of rotatable bonds is 1. The number of alkyl carbamates (subject to hydrolysis) is 1. The van der Waals surface area contributed by atoms with Crippen molar-refractivity contribution in [3.63, 3.8) is 0 Å². The van der Waals surface area contributed by atoms with Crippen molar-refractivity contribution in [1.29, 1.82) is 0 Å². The molecule has 0 aromatic rings. The van der Waals surface area contributed by atoms with Gasteiger partial charge in [-0.05, 0) is 27.2 Å². The zero-order chi connectivity index (χ0) is 12.3. The average molecular weight is 238 g/mol. The van der Waals surface area contributed by atoms with E-state index in [4.69, 9.17) is 9.47 Å². The molecule has 5 heteroatoms. The topological polar surface area (TPSA) is 59.9 Å². The summed E-state index contributed by atoms with van der Waals surface area (Å²) in [5.74, 6) is 0. The molecule has 2 aliphatic heterocycles. The maximum Gasteiger partial charge on any atom is 0.408 e. The summed E-state index contributed by atoms with van der Waals surface area (Å²) in [5.41, 5.74) is -0.889. The Morgan fingerprint density at radius 2 is 2.35 bits per heavy atom. The Labute approximate surface area is 101 Å². The third-order valence-corrected chi connectivity index (χ3v) is 3.78. The summed E-state index contributed by atoms with van der Waals surface area (Å²) in [7, 11) is 0. The van der Waals surface area contributed by atoms with E-state index in [1.807, 2.05) is 27.0 Å². The molecule has 2 fully saturated rings. The van der Waals surface area contributed by atoms with E-state index in [9.17, 15) is 4.79 Å². The molecule has 2 unspecified atom stereocenters. The van der Waals surface area contributed by atoms with Gasteiger partial charge in [-0.3, -0.25) is 4.99 Å². The molecule has 5 nitrogen and oxygen atoms in total. The van der Waals surface area contributed by atoms with Crippen LogP contribution in [0.1, 0.15) is 27.2 Å². The average Bonchev–Trinajstić information content (AvgIpc) is 2.61. The Balaban J connectivity index is 1.72. The standard InChI is InChI=1S/C12H18N2O3/c1-10(2,3)17-9(15)14-12-6-13-5-11(12)4-8(11)16-7-12/h5,8H,4,6-7H2,1-3H3,(H,14,15)/t8-,11?,12?/m0/s1. The van der Waals surface area contributed by atoms with E-state index in [1.54, 1.807) is 0 Å². The second-order valence-corrected chi connectivity index (χ2v) is 6.22. The highest BCUT2D eigenvalue weighted by Gasteiger charge is 2.74. The maximum atomic E-state index is 11.9. The van der Waals surface area contributed by atoms with Gasteiger partial charge in [0.25, 0.3) is 0 Å². The number of carbonyl (C=O) groups excluding carboxylic acids is 1. The molecule has 1 saturated carbocycles. The number of ether oxygens (including phenoxy) is 2. The Kier molecular flexibility index (Phi) is 1.95. The monoisotopic (exact) mass is 238 g/mol. The highest BCUT2D eigenvalue weighted by Crippen LogP contribution is 2.61. The highest BCUT2D eigenvalue weighted by atomic mass is 16.6. The number of aliphatic imine (C=N–C) groups is 1. The van der Waals surface area contributed by atoms with Gasteiger partial charge in [-0.2, -0.15) is 0 Å². The van der Waals surface area contributed by atoms with Crippen LogP contribution in [-0.2, 0) is 9.47 Å². The predicted octanol–water partition coefficient (Wildman–Crippen LogP) is 1.12. The molecular weight excluding hydrogens is 220 g/mol. The van der Waals surface area contributed by atoms with Crippen LogP contribution in [0.2, 0.25) is 0 Å². The second-order valence-electron chi connectivity index (χ2n) is 6.22. The van der Waals surface area contributed by atoms with Crippen LogP contribution in [-0.4, -0.2) is 42.7 Å². The van der Waals surface area contributed by atoms with Crippen LogP contribution in [0.3, 0.4) is 0 Å². The number of hydrogen-bond acceptors (Lipinski definition) is 4. The van der Waals surface area contributed by atoms with E-state index in [2.05, 4.69) is 10.3 Å². The van der Waals surface area contributed by atoms with Gasteiger partial charge in [0.2, 0.25) is 0 Å². The second kappa shape index (κ2) is 3.02. The van der Waals surface area contributed by atoms with Crippen LogP contribution in [0.5, 0.6) is 0 Å². The predicted molar refractivity (Wildman–Crippen MR) is 62.2 cm³/mol. The number of nitrogens with one attached hydrogen (secondary N) is 1. The lowest BCUT2D eigenvalue weighted by Crippen LogP contribution is -2.57. The number of carbonyl (C=O) groups is 1. The number of amides is 1. The van der Waals surface area contributed by atoms with Crippen molar-refractivity contribution >= 4 is 12.3 Å². The first-order chi connectivity index (χ1) is 7.87. The minimum absolute atomic E-state index is 0.0517. The first kappa shape index (κ1) is 11.0. The third-order valence-electron chi connectivity index (χ3n) is 3.78. The fourth-order valence-electron chi connectivity index (χ4n) is 2.84. The van der Waals surface area contributed by atoms with Gasteiger partial charge in [0, 0.05) is 6.21 Å². The van der Waals surface area contributed by atoms with Crippen LogP contribution in [0.15, 0.2) is 4.99 Å². The molecule has 17 heavy (non-hydrogen) atoms. The van der Waals surface area contributed by atoms with Gasteiger partial charge in [0.05, 0.1) is 30.2 Å². The van der Waals surface area contributed by atoms with Crippen molar-refractivity contribution in [2.45, 2.75) is 44.4 Å². The van der Waals surface area contributed by atoms with Crippen LogP contribution in [0.4, 0.5) is 4.79 Å². The van der Waals surface area contributed by atoms with E-state index in [-0.39, 0.29) is 23.2 Å². The summed E-state index contributed by atoms with van der Waals surface area (Å²) >= 11 is 0. The quantitative estimate of drug-likeness (QED) is 0.744. The van der Waals surface area contributed by atoms with Crippen LogP contribution in [0, 0.1) is 5.41 Å². The van der Waals surface area contributed by atoms with Gasteiger partial charge in [-0.15, -0.1) is 0 Å². The minimum atomic E-state index is -0.476. The van der Waals surface area contributed by atoms with Crippen molar-refractivity contribution in [3.05, 3.63) is 0 Å². The Bertz CT molecular complexity index is 401. The molecule has 3 rings (SSSR count). The maximum absolute atomic E-state index is 11.9. The first-order valence-electron chi connectivity index (χ1n) is 6.01. The molecular formula is C12H18N2O3. The molecule has 2 heterocycles. The van der Waals surface area contributed by atoms with E-state index >= 15 is 0 Å². The van der Waals surface area contributed by atoms with Gasteiger partial charge in [-0.1, -0.05) is 0 Å². The molecule has 1 amide bonds. The number of nitrogens with zero attached hydrogens (tertiary/aromatic N) is 1. The summed E-state index contributed by atoms with van der Waals surface area (Å²) in [6.45, 7) is 6.71. The fourth-order valence-corrected chi connectivity index (χ4v) is 2.84. The summed E-state index contributed by atoms with van der Waals surface area (Å²) < 4.78 is 11.0. The van der Waals surface area contributed by atoms with Crippen LogP contribution in [0.25, 0.3) is 0 Å². The van der Waals surface area contributed by atoms with Crippen molar-refractivity contribution in [2.24, 2.45) is 10.4 Å². The molecule has 1 N–H and O–H groups in total. The SMILES string of the molecule is CC(C)(C)OC(=O)NC12CN=CC13C[C@@H]3OC2. The normalized spacial score (nSPS) is 41.9. The summed E-state index contributed by atoms with van der Waals surface area (Å²) in [5, 5.41) is 2.98. The molecule has 0 aromatic heterocycles. The lowest BCUT2D eigenvalue weighted by atomic mass is 9.85. The minimum Gasteiger partial charge on any atom is -0.444 e. The summed E-state index contributed by atoms with van der Waals surface area (Å²) in [6.07, 6.45) is 2.79. The van der Waals surface area contributed by atoms with Crippen molar-refractivity contribution < 1.29 is 14.3 Å². The van der Waals surface area contributed by atoms with Gasteiger partial charge < -0.3 is 14.8 Å². The lowest BCUT2D eigenvalue weighted by Gasteiger charge is -2.31. The Hall–Kier alpha value is -1.10. The molecule has 0 aromatic carbocycles. The molecule has 0 radical (unpaired) electrons.